The Labute approximate surface area is 148 Å². The van der Waals surface area contributed by atoms with Gasteiger partial charge in [-0.3, -0.25) is 4.79 Å². The van der Waals surface area contributed by atoms with Gasteiger partial charge >= 0.3 is 0 Å². The molecule has 132 valence electrons. The Kier molecular flexibility index (Phi) is 5.82. The summed E-state index contributed by atoms with van der Waals surface area (Å²) in [7, 11) is 1.65. The van der Waals surface area contributed by atoms with Crippen LogP contribution in [0.15, 0.2) is 36.7 Å². The van der Waals surface area contributed by atoms with Crippen LogP contribution in [-0.4, -0.2) is 42.6 Å². The molecule has 1 amide bonds. The summed E-state index contributed by atoms with van der Waals surface area (Å²) in [6.45, 7) is 2.55. The Hall–Kier alpha value is -2.63. The molecule has 1 aliphatic heterocycles. The molecule has 1 aromatic carbocycles. The van der Waals surface area contributed by atoms with Crippen molar-refractivity contribution in [3.63, 3.8) is 0 Å². The van der Waals surface area contributed by atoms with Crippen LogP contribution >= 0.6 is 0 Å². The highest BCUT2D eigenvalue weighted by Gasteiger charge is 2.14. The van der Waals surface area contributed by atoms with Crippen LogP contribution in [-0.2, 0) is 6.42 Å². The Morgan fingerprint density at radius 1 is 1.16 bits per heavy atom. The summed E-state index contributed by atoms with van der Waals surface area (Å²) in [6.07, 6.45) is 7.61. The van der Waals surface area contributed by atoms with E-state index in [1.165, 1.54) is 19.3 Å². The van der Waals surface area contributed by atoms with E-state index in [0.717, 1.165) is 30.2 Å². The van der Waals surface area contributed by atoms with Crippen LogP contribution in [0, 0.1) is 0 Å². The number of rotatable bonds is 6. The lowest BCUT2D eigenvalue weighted by molar-refractivity contribution is 0.0948. The molecule has 0 radical (unpaired) electrons. The van der Waals surface area contributed by atoms with Crippen LogP contribution in [0.25, 0.3) is 0 Å². The monoisotopic (exact) mass is 340 g/mol. The summed E-state index contributed by atoms with van der Waals surface area (Å²) in [4.78, 5) is 23.1. The standard InChI is InChI=1S/C19H24N4O2/c1-25-17-8-4-3-7-15(17)9-10-20-19(24)16-13-22-18(14-21-16)23-11-5-2-6-12-23/h3-4,7-8,13-14H,2,5-6,9-12H2,1H3,(H,20,24). The van der Waals surface area contributed by atoms with Crippen molar-refractivity contribution in [2.24, 2.45) is 0 Å². The third kappa shape index (κ3) is 4.47. The van der Waals surface area contributed by atoms with Gasteiger partial charge in [0.2, 0.25) is 0 Å². The summed E-state index contributed by atoms with van der Waals surface area (Å²) in [5, 5.41) is 2.89. The molecule has 1 N–H and O–H groups in total. The van der Waals surface area contributed by atoms with Crippen molar-refractivity contribution in [3.8, 4) is 5.75 Å². The molecule has 0 aliphatic carbocycles. The number of anilines is 1. The van der Waals surface area contributed by atoms with E-state index in [2.05, 4.69) is 20.2 Å². The average Bonchev–Trinajstić information content (AvgIpc) is 2.69. The molecule has 0 saturated carbocycles. The van der Waals surface area contributed by atoms with Crippen LogP contribution < -0.4 is 15.0 Å². The fourth-order valence-electron chi connectivity index (χ4n) is 3.04. The Bertz CT molecular complexity index is 697. The van der Waals surface area contributed by atoms with Gasteiger partial charge < -0.3 is 15.0 Å². The van der Waals surface area contributed by atoms with E-state index < -0.39 is 0 Å². The van der Waals surface area contributed by atoms with E-state index >= 15 is 0 Å². The first-order valence-electron chi connectivity index (χ1n) is 8.75. The van der Waals surface area contributed by atoms with Crippen molar-refractivity contribution in [1.29, 1.82) is 0 Å². The molecule has 1 aromatic heterocycles. The number of ether oxygens (including phenoxy) is 1. The second-order valence-electron chi connectivity index (χ2n) is 6.13. The number of hydrogen-bond acceptors (Lipinski definition) is 5. The number of para-hydroxylation sites is 1. The maximum atomic E-state index is 12.2. The lowest BCUT2D eigenvalue weighted by atomic mass is 10.1. The fourth-order valence-corrected chi connectivity index (χ4v) is 3.04. The quantitative estimate of drug-likeness (QED) is 0.875. The van der Waals surface area contributed by atoms with E-state index in [1.54, 1.807) is 19.5 Å². The zero-order valence-electron chi connectivity index (χ0n) is 14.6. The van der Waals surface area contributed by atoms with Crippen molar-refractivity contribution in [3.05, 3.63) is 47.9 Å². The minimum atomic E-state index is -0.201. The molecular weight excluding hydrogens is 316 g/mol. The normalized spacial score (nSPS) is 14.2. The molecule has 6 heteroatoms. The largest absolute Gasteiger partial charge is 0.496 e. The molecule has 2 aromatic rings. The van der Waals surface area contributed by atoms with Gasteiger partial charge in [-0.25, -0.2) is 9.97 Å². The SMILES string of the molecule is COc1ccccc1CCNC(=O)c1cnc(N2CCCCC2)cn1. The van der Waals surface area contributed by atoms with Gasteiger partial charge in [-0.2, -0.15) is 0 Å². The highest BCUT2D eigenvalue weighted by Crippen LogP contribution is 2.18. The highest BCUT2D eigenvalue weighted by atomic mass is 16.5. The zero-order chi connectivity index (χ0) is 17.5. The average molecular weight is 340 g/mol. The fraction of sp³-hybridized carbons (Fsp3) is 0.421. The molecule has 3 rings (SSSR count). The van der Waals surface area contributed by atoms with Gasteiger partial charge in [0.25, 0.3) is 5.91 Å². The van der Waals surface area contributed by atoms with Gasteiger partial charge in [0, 0.05) is 19.6 Å². The third-order valence-corrected chi connectivity index (χ3v) is 4.42. The molecule has 6 nitrogen and oxygen atoms in total. The van der Waals surface area contributed by atoms with Crippen LogP contribution in [0.5, 0.6) is 5.75 Å². The predicted molar refractivity (Wildman–Crippen MR) is 97.1 cm³/mol. The number of methoxy groups -OCH3 is 1. The number of aromatic nitrogens is 2. The van der Waals surface area contributed by atoms with E-state index in [-0.39, 0.29) is 5.91 Å². The summed E-state index contributed by atoms with van der Waals surface area (Å²) >= 11 is 0. The number of nitrogens with zero attached hydrogens (tertiary/aromatic N) is 3. The molecule has 1 fully saturated rings. The van der Waals surface area contributed by atoms with Crippen molar-refractivity contribution in [1.82, 2.24) is 15.3 Å². The number of carbonyl (C=O) groups is 1. The number of hydrogen-bond donors (Lipinski definition) is 1. The lowest BCUT2D eigenvalue weighted by Crippen LogP contribution is -2.31. The number of nitrogens with one attached hydrogen (secondary N) is 1. The molecule has 0 spiro atoms. The Morgan fingerprint density at radius 3 is 2.68 bits per heavy atom. The summed E-state index contributed by atoms with van der Waals surface area (Å²) in [5.41, 5.74) is 1.41. The minimum absolute atomic E-state index is 0.201. The first-order chi connectivity index (χ1) is 12.3. The van der Waals surface area contributed by atoms with E-state index in [1.807, 2.05) is 24.3 Å². The summed E-state index contributed by atoms with van der Waals surface area (Å²) in [5.74, 6) is 1.49. The zero-order valence-corrected chi connectivity index (χ0v) is 14.6. The van der Waals surface area contributed by atoms with Crippen LogP contribution in [0.2, 0.25) is 0 Å². The van der Waals surface area contributed by atoms with Gasteiger partial charge in [-0.1, -0.05) is 18.2 Å². The van der Waals surface area contributed by atoms with Crippen LogP contribution in [0.3, 0.4) is 0 Å². The highest BCUT2D eigenvalue weighted by molar-refractivity contribution is 5.92. The molecule has 1 saturated heterocycles. The van der Waals surface area contributed by atoms with Gasteiger partial charge in [0.05, 0.1) is 19.5 Å². The Balaban J connectivity index is 1.52. The van der Waals surface area contributed by atoms with Crippen LogP contribution in [0.4, 0.5) is 5.82 Å². The second kappa shape index (κ2) is 8.46. The number of benzene rings is 1. The summed E-state index contributed by atoms with van der Waals surface area (Å²) < 4.78 is 5.32. The predicted octanol–water partition coefficient (Wildman–Crippen LogP) is 2.45. The summed E-state index contributed by atoms with van der Waals surface area (Å²) in [6, 6.07) is 7.81. The number of amides is 1. The first kappa shape index (κ1) is 17.2. The molecule has 0 unspecified atom stereocenters. The maximum Gasteiger partial charge on any atom is 0.271 e. The van der Waals surface area contributed by atoms with Gasteiger partial charge in [0.1, 0.15) is 17.3 Å². The van der Waals surface area contributed by atoms with Crippen molar-refractivity contribution >= 4 is 11.7 Å². The second-order valence-corrected chi connectivity index (χ2v) is 6.13. The van der Waals surface area contributed by atoms with Gasteiger partial charge in [-0.15, -0.1) is 0 Å². The molecule has 2 heterocycles. The first-order valence-corrected chi connectivity index (χ1v) is 8.75. The van der Waals surface area contributed by atoms with E-state index in [0.29, 0.717) is 18.7 Å². The van der Waals surface area contributed by atoms with E-state index in [9.17, 15) is 4.79 Å². The smallest absolute Gasteiger partial charge is 0.271 e. The lowest BCUT2D eigenvalue weighted by Gasteiger charge is -2.27. The van der Waals surface area contributed by atoms with E-state index in [4.69, 9.17) is 4.74 Å². The molecule has 0 atom stereocenters. The number of piperidine rings is 1. The van der Waals surface area contributed by atoms with Crippen molar-refractivity contribution < 1.29 is 9.53 Å². The van der Waals surface area contributed by atoms with Gasteiger partial charge in [0.15, 0.2) is 0 Å². The number of carbonyl (C=O) groups excluding carboxylic acids is 1. The molecule has 1 aliphatic rings. The topological polar surface area (TPSA) is 67.3 Å². The molecular formula is C19H24N4O2. The maximum absolute atomic E-state index is 12.2. The Morgan fingerprint density at radius 2 is 1.96 bits per heavy atom. The third-order valence-electron chi connectivity index (χ3n) is 4.42. The van der Waals surface area contributed by atoms with Crippen molar-refractivity contribution in [2.75, 3.05) is 31.6 Å². The molecule has 25 heavy (non-hydrogen) atoms. The minimum Gasteiger partial charge on any atom is -0.496 e. The van der Waals surface area contributed by atoms with Crippen LogP contribution in [0.1, 0.15) is 35.3 Å². The van der Waals surface area contributed by atoms with Crippen molar-refractivity contribution in [2.45, 2.75) is 25.7 Å². The molecule has 0 bridgehead atoms. The van der Waals surface area contributed by atoms with Gasteiger partial charge in [-0.05, 0) is 37.3 Å².